The molecule has 7 heteroatoms. The van der Waals surface area contributed by atoms with Crippen LogP contribution in [0, 0.1) is 0 Å². The molecule has 0 fully saturated rings. The summed E-state index contributed by atoms with van der Waals surface area (Å²) in [7, 11) is -4.73. The van der Waals surface area contributed by atoms with Gasteiger partial charge in [-0.2, -0.15) is 0 Å². The molecule has 0 unspecified atom stereocenters. The predicted octanol–water partition coefficient (Wildman–Crippen LogP) is 10.7. The maximum absolute atomic E-state index is 11.7. The van der Waals surface area contributed by atoms with Crippen LogP contribution in [0.1, 0.15) is 26.3 Å². The van der Waals surface area contributed by atoms with E-state index in [0.29, 0.717) is 5.56 Å². The SMILES string of the molecule is CC(C)(C)c1ccc(-n2c(-c3ccccc3O)nc3c2[Si](C)(C)c2cccc4c2N3c2cc(-c3cc(-c5ccccc5)ccn3)ccc2[Si]4(C)C)c(-c2ccccc2)c1. The summed E-state index contributed by atoms with van der Waals surface area (Å²) in [6.45, 7) is 16.8. The lowest BCUT2D eigenvalue weighted by molar-refractivity contribution is 0.477. The first kappa shape index (κ1) is 37.0. The lowest BCUT2D eigenvalue weighted by atomic mass is 9.85. The van der Waals surface area contributed by atoms with E-state index in [0.717, 1.165) is 51.0 Å². The Morgan fingerprint density at radius 1 is 0.542 bits per heavy atom. The highest BCUT2D eigenvalue weighted by atomic mass is 28.3. The lowest BCUT2D eigenvalue weighted by Crippen LogP contribution is -2.67. The molecule has 2 aliphatic rings. The van der Waals surface area contributed by atoms with Gasteiger partial charge in [-0.3, -0.25) is 14.5 Å². The average molecular weight is 801 g/mol. The molecule has 8 aromatic rings. The Kier molecular flexibility index (Phi) is 8.39. The maximum atomic E-state index is 11.7. The van der Waals surface area contributed by atoms with Crippen LogP contribution in [-0.4, -0.2) is 35.8 Å². The average Bonchev–Trinajstić information content (AvgIpc) is 3.65. The van der Waals surface area contributed by atoms with E-state index in [-0.39, 0.29) is 11.2 Å². The van der Waals surface area contributed by atoms with Gasteiger partial charge in [-0.15, -0.1) is 0 Å². The molecule has 0 amide bonds. The highest BCUT2D eigenvalue weighted by Crippen LogP contribution is 2.45. The van der Waals surface area contributed by atoms with E-state index >= 15 is 0 Å². The summed E-state index contributed by atoms with van der Waals surface area (Å²) in [5.41, 5.74) is 12.0. The quantitative estimate of drug-likeness (QED) is 0.176. The molecule has 10 rings (SSSR count). The van der Waals surface area contributed by atoms with Crippen LogP contribution < -0.4 is 25.8 Å². The van der Waals surface area contributed by atoms with E-state index in [9.17, 15) is 5.11 Å². The molecule has 5 nitrogen and oxygen atoms in total. The number of fused-ring (bicyclic) bond motifs is 4. The minimum atomic E-state index is -2.54. The Balaban J connectivity index is 1.29. The molecular formula is C52H48N4OSi2. The Hall–Kier alpha value is -6.29. The number of para-hydroxylation sites is 2. The van der Waals surface area contributed by atoms with E-state index in [4.69, 9.17) is 9.97 Å². The summed E-state index contributed by atoms with van der Waals surface area (Å²) in [5, 5.41) is 17.1. The van der Waals surface area contributed by atoms with Gasteiger partial charge in [-0.25, -0.2) is 4.98 Å². The zero-order valence-electron chi connectivity index (χ0n) is 34.7. The third-order valence-corrected chi connectivity index (χ3v) is 19.6. The molecule has 4 heterocycles. The largest absolute Gasteiger partial charge is 0.507 e. The second-order valence-electron chi connectivity index (χ2n) is 18.1. The second-order valence-corrected chi connectivity index (χ2v) is 26.7. The van der Waals surface area contributed by atoms with Crippen LogP contribution in [0.2, 0.25) is 26.2 Å². The first-order valence-corrected chi connectivity index (χ1v) is 26.6. The fourth-order valence-electron chi connectivity index (χ4n) is 9.46. The molecule has 2 aliphatic heterocycles. The number of phenolic OH excluding ortho intramolecular Hbond substituents is 1. The number of aromatic hydroxyl groups is 1. The van der Waals surface area contributed by atoms with Crippen molar-refractivity contribution in [3.63, 3.8) is 0 Å². The number of pyridine rings is 1. The lowest BCUT2D eigenvalue weighted by Gasteiger charge is -2.47. The van der Waals surface area contributed by atoms with Crippen LogP contribution in [0.5, 0.6) is 5.75 Å². The summed E-state index contributed by atoms with van der Waals surface area (Å²) in [6.07, 6.45) is 1.92. The maximum Gasteiger partial charge on any atom is 0.156 e. The zero-order chi connectivity index (χ0) is 40.8. The summed E-state index contributed by atoms with van der Waals surface area (Å²) in [6, 6.07) is 54.1. The van der Waals surface area contributed by atoms with E-state index in [2.05, 4.69) is 184 Å². The van der Waals surface area contributed by atoms with Gasteiger partial charge >= 0.3 is 0 Å². The molecule has 0 saturated carbocycles. The Morgan fingerprint density at radius 3 is 1.93 bits per heavy atom. The minimum absolute atomic E-state index is 0.0539. The van der Waals surface area contributed by atoms with Gasteiger partial charge in [0.15, 0.2) is 11.6 Å². The van der Waals surface area contributed by atoms with Gasteiger partial charge in [0, 0.05) is 28.7 Å². The molecule has 1 N–H and O–H groups in total. The predicted molar refractivity (Wildman–Crippen MR) is 252 cm³/mol. The van der Waals surface area contributed by atoms with Crippen LogP contribution >= 0.6 is 0 Å². The molecule has 0 spiro atoms. The van der Waals surface area contributed by atoms with Gasteiger partial charge < -0.3 is 5.11 Å². The fourth-order valence-corrected chi connectivity index (χ4v) is 15.7. The van der Waals surface area contributed by atoms with Crippen molar-refractivity contribution in [1.29, 1.82) is 0 Å². The molecule has 0 aliphatic carbocycles. The molecule has 0 radical (unpaired) electrons. The zero-order valence-corrected chi connectivity index (χ0v) is 36.7. The number of imidazole rings is 1. The molecule has 6 aromatic carbocycles. The first-order valence-electron chi connectivity index (χ1n) is 20.6. The number of benzene rings is 6. The summed E-state index contributed by atoms with van der Waals surface area (Å²) < 4.78 is 2.41. The number of anilines is 3. The molecule has 0 atom stereocenters. The van der Waals surface area contributed by atoms with Crippen molar-refractivity contribution < 1.29 is 5.11 Å². The standard InChI is InChI=1S/C52H48N4OSi2/c1-52(2,3)38-26-27-42(40(33-38)35-19-12-9-13-20-35)56-49(39-21-14-15-22-44(39)57)54-50-51(56)59(6,7)47-24-16-23-46-48(47)55(50)43-32-37(25-28-45(43)58(46,4)5)41-31-36(29-30-53-41)34-17-10-8-11-18-34/h8-33,57H,1-7H3. The first-order chi connectivity index (χ1) is 28.3. The third-order valence-electron chi connectivity index (χ3n) is 12.7. The third kappa shape index (κ3) is 5.78. The smallest absolute Gasteiger partial charge is 0.156 e. The van der Waals surface area contributed by atoms with Crippen molar-refractivity contribution in [1.82, 2.24) is 14.5 Å². The van der Waals surface area contributed by atoms with E-state index in [1.807, 2.05) is 24.4 Å². The highest BCUT2D eigenvalue weighted by molar-refractivity contribution is 7.06. The fraction of sp³-hybridized carbons (Fsp3) is 0.154. The van der Waals surface area contributed by atoms with E-state index < -0.39 is 16.1 Å². The van der Waals surface area contributed by atoms with Crippen molar-refractivity contribution in [2.45, 2.75) is 52.4 Å². The van der Waals surface area contributed by atoms with E-state index in [1.165, 1.54) is 37.7 Å². The normalized spacial score (nSPS) is 14.7. The second kappa shape index (κ2) is 13.4. The number of hydrogen-bond acceptors (Lipinski definition) is 4. The number of rotatable bonds is 5. The van der Waals surface area contributed by atoms with Crippen LogP contribution in [-0.2, 0) is 5.41 Å². The highest BCUT2D eigenvalue weighted by Gasteiger charge is 2.50. The minimum Gasteiger partial charge on any atom is -0.507 e. The van der Waals surface area contributed by atoms with Crippen molar-refractivity contribution in [2.75, 3.05) is 4.90 Å². The van der Waals surface area contributed by atoms with Gasteiger partial charge in [0.1, 0.15) is 21.9 Å². The Bertz CT molecular complexity index is 2950. The van der Waals surface area contributed by atoms with Gasteiger partial charge in [-0.05, 0) is 85.7 Å². The van der Waals surface area contributed by atoms with Crippen molar-refractivity contribution in [3.05, 3.63) is 163 Å². The summed E-state index contributed by atoms with van der Waals surface area (Å²) in [5.74, 6) is 1.88. The Morgan fingerprint density at radius 2 is 1.22 bits per heavy atom. The van der Waals surface area contributed by atoms with Crippen LogP contribution in [0.25, 0.3) is 50.6 Å². The van der Waals surface area contributed by atoms with Crippen LogP contribution in [0.4, 0.5) is 17.2 Å². The van der Waals surface area contributed by atoms with Crippen molar-refractivity contribution in [2.24, 2.45) is 0 Å². The van der Waals surface area contributed by atoms with Gasteiger partial charge in [0.2, 0.25) is 0 Å². The number of nitrogens with zero attached hydrogens (tertiary/aromatic N) is 4. The molecule has 2 aromatic heterocycles. The summed E-state index contributed by atoms with van der Waals surface area (Å²) >= 11 is 0. The number of aromatic nitrogens is 3. The molecule has 0 saturated heterocycles. The molecule has 59 heavy (non-hydrogen) atoms. The molecule has 0 bridgehead atoms. The topological polar surface area (TPSA) is 54.2 Å². The van der Waals surface area contributed by atoms with Crippen molar-refractivity contribution >= 4 is 54.2 Å². The summed E-state index contributed by atoms with van der Waals surface area (Å²) in [4.78, 5) is 13.2. The number of hydrogen-bond donors (Lipinski definition) is 1. The van der Waals surface area contributed by atoms with Gasteiger partial charge in [0.05, 0.1) is 22.3 Å². The number of phenols is 1. The van der Waals surface area contributed by atoms with Crippen LogP contribution in [0.15, 0.2) is 158 Å². The van der Waals surface area contributed by atoms with Crippen molar-refractivity contribution in [3.8, 4) is 56.3 Å². The van der Waals surface area contributed by atoms with Gasteiger partial charge in [-0.1, -0.05) is 156 Å². The molecule has 290 valence electrons. The monoisotopic (exact) mass is 800 g/mol. The van der Waals surface area contributed by atoms with Crippen LogP contribution in [0.3, 0.4) is 0 Å². The molecular weight excluding hydrogens is 753 g/mol. The van der Waals surface area contributed by atoms with E-state index in [1.54, 1.807) is 6.07 Å². The van der Waals surface area contributed by atoms with Gasteiger partial charge in [0.25, 0.3) is 0 Å². The Labute approximate surface area is 349 Å².